The molecule has 3 aliphatic rings. The summed E-state index contributed by atoms with van der Waals surface area (Å²) >= 11 is 1.54. The molecular formula is C19H21SiZr. The number of allylic oxidation sites excluding steroid dienone is 12. The second-order valence-corrected chi connectivity index (χ2v) is 10.0. The monoisotopic (exact) mass is 367 g/mol. The molecule has 2 heteroatoms. The van der Waals surface area contributed by atoms with Crippen LogP contribution in [0, 0.1) is 5.92 Å². The Labute approximate surface area is 144 Å². The van der Waals surface area contributed by atoms with Gasteiger partial charge in [0.2, 0.25) is 0 Å². The van der Waals surface area contributed by atoms with Gasteiger partial charge >= 0.3 is 145 Å². The molecule has 1 unspecified atom stereocenters. The van der Waals surface area contributed by atoms with E-state index < -0.39 is 8.41 Å². The first-order chi connectivity index (χ1) is 10.0. The van der Waals surface area contributed by atoms with Crippen LogP contribution in [0.5, 0.6) is 0 Å². The number of hydrogen-bond acceptors (Lipinski definition) is 0. The molecule has 3 aliphatic carbocycles. The molecule has 3 rings (SSSR count). The summed E-state index contributed by atoms with van der Waals surface area (Å²) in [6.07, 6.45) is 14.9. The number of fused-ring (bicyclic) bond motifs is 1. The van der Waals surface area contributed by atoms with E-state index >= 15 is 0 Å². The fourth-order valence-electron chi connectivity index (χ4n) is 3.62. The van der Waals surface area contributed by atoms with Crippen LogP contribution in [0.1, 0.15) is 20.3 Å². The van der Waals surface area contributed by atoms with E-state index in [1.165, 1.54) is 41.4 Å². The standard InChI is InChI=1S/C19H21Si.Zr/c1-13-12-16-10-7-11-17(20(3)4)14(2)19(16)18(13)15-8-5-6-9-15;/h5-8,10-11,14H,9H2,1-4H3;. The molecule has 0 N–H and O–H groups in total. The normalized spacial score (nSPS) is 24.3. The summed E-state index contributed by atoms with van der Waals surface area (Å²) in [4.78, 5) is 0. The van der Waals surface area contributed by atoms with Crippen LogP contribution in [0.25, 0.3) is 0 Å². The number of rotatable bonds is 1. The first kappa shape index (κ1) is 15.3. The molecule has 0 aromatic rings. The summed E-state index contributed by atoms with van der Waals surface area (Å²) in [5, 5.41) is 1.66. The molecule has 105 valence electrons. The van der Waals surface area contributed by atoms with Crippen molar-refractivity contribution in [3.8, 4) is 0 Å². The van der Waals surface area contributed by atoms with Gasteiger partial charge in [0.05, 0.1) is 0 Å². The second-order valence-electron chi connectivity index (χ2n) is 6.23. The SMILES string of the molecule is CC1=[C]([Zr])C2=CC=CC(=[Si](C)C)C(C)C2=C1C1=CC=CC1. The van der Waals surface area contributed by atoms with Gasteiger partial charge in [-0.2, -0.15) is 0 Å². The van der Waals surface area contributed by atoms with Crippen LogP contribution in [0.2, 0.25) is 13.1 Å². The first-order valence-corrected chi connectivity index (χ1v) is 11.3. The fraction of sp³-hybridized carbons (Fsp3) is 0.316. The molecule has 0 saturated heterocycles. The van der Waals surface area contributed by atoms with Crippen LogP contribution in [0.4, 0.5) is 0 Å². The van der Waals surface area contributed by atoms with Crippen molar-refractivity contribution in [1.29, 1.82) is 0 Å². The molecule has 0 aromatic carbocycles. The van der Waals surface area contributed by atoms with Crippen molar-refractivity contribution < 1.29 is 24.7 Å². The van der Waals surface area contributed by atoms with E-state index in [2.05, 4.69) is 63.4 Å². The fourth-order valence-corrected chi connectivity index (χ4v) is 5.90. The van der Waals surface area contributed by atoms with Gasteiger partial charge in [-0.1, -0.05) is 0 Å². The van der Waals surface area contributed by atoms with Crippen molar-refractivity contribution in [2.45, 2.75) is 33.4 Å². The Balaban J connectivity index is 2.23. The van der Waals surface area contributed by atoms with E-state index in [1.807, 2.05) is 0 Å². The zero-order valence-corrected chi connectivity index (χ0v) is 16.7. The second kappa shape index (κ2) is 5.89. The van der Waals surface area contributed by atoms with Crippen LogP contribution in [0.15, 0.2) is 67.6 Å². The molecule has 0 radical (unpaired) electrons. The van der Waals surface area contributed by atoms with Gasteiger partial charge < -0.3 is 0 Å². The summed E-state index contributed by atoms with van der Waals surface area (Å²) in [5.41, 5.74) is 7.69. The van der Waals surface area contributed by atoms with E-state index in [9.17, 15) is 0 Å². The minimum absolute atomic E-state index is 0.409. The van der Waals surface area contributed by atoms with Crippen molar-refractivity contribution >= 4 is 13.6 Å². The zero-order valence-electron chi connectivity index (χ0n) is 13.2. The molecule has 0 bridgehead atoms. The Morgan fingerprint density at radius 1 is 1.19 bits per heavy atom. The first-order valence-electron chi connectivity index (χ1n) is 7.62. The van der Waals surface area contributed by atoms with Gasteiger partial charge in [-0.25, -0.2) is 0 Å². The van der Waals surface area contributed by atoms with E-state index in [0.717, 1.165) is 6.42 Å². The molecule has 0 heterocycles. The van der Waals surface area contributed by atoms with Crippen molar-refractivity contribution in [1.82, 2.24) is 0 Å². The summed E-state index contributed by atoms with van der Waals surface area (Å²) in [6, 6.07) is 0. The van der Waals surface area contributed by atoms with E-state index in [-0.39, 0.29) is 0 Å². The summed E-state index contributed by atoms with van der Waals surface area (Å²) < 4.78 is 1.55. The Hall–Kier alpha value is -0.590. The van der Waals surface area contributed by atoms with Crippen LogP contribution < -0.4 is 0 Å². The third kappa shape index (κ3) is 2.51. The van der Waals surface area contributed by atoms with Crippen LogP contribution in [-0.4, -0.2) is 13.6 Å². The van der Waals surface area contributed by atoms with Gasteiger partial charge in [-0.3, -0.25) is 0 Å². The third-order valence-corrected chi connectivity index (χ3v) is 8.02. The van der Waals surface area contributed by atoms with Crippen molar-refractivity contribution in [3.05, 3.63) is 67.6 Å². The van der Waals surface area contributed by atoms with Gasteiger partial charge in [-0.15, -0.1) is 0 Å². The Bertz CT molecular complexity index is 717. The summed E-state index contributed by atoms with van der Waals surface area (Å²) in [7, 11) is -0.409. The molecule has 0 spiro atoms. The van der Waals surface area contributed by atoms with E-state index in [4.69, 9.17) is 0 Å². The topological polar surface area (TPSA) is 0 Å². The Morgan fingerprint density at radius 2 is 1.95 bits per heavy atom. The minimum atomic E-state index is -0.409. The van der Waals surface area contributed by atoms with Crippen molar-refractivity contribution in [3.63, 3.8) is 0 Å². The molecule has 0 aliphatic heterocycles. The van der Waals surface area contributed by atoms with Crippen LogP contribution in [-0.2, 0) is 24.7 Å². The van der Waals surface area contributed by atoms with Gasteiger partial charge in [0.25, 0.3) is 0 Å². The average Bonchev–Trinajstić information content (AvgIpc) is 2.99. The number of hydrogen-bond donors (Lipinski definition) is 0. The molecule has 21 heavy (non-hydrogen) atoms. The molecule has 0 saturated carbocycles. The Kier molecular flexibility index (Phi) is 4.30. The van der Waals surface area contributed by atoms with E-state index in [1.54, 1.807) is 19.6 Å². The van der Waals surface area contributed by atoms with Gasteiger partial charge in [-0.05, 0) is 0 Å². The maximum atomic E-state index is 2.41. The molecular weight excluding hydrogens is 348 g/mol. The maximum absolute atomic E-state index is 2.41. The molecule has 0 nitrogen and oxygen atoms in total. The molecule has 0 amide bonds. The van der Waals surface area contributed by atoms with Crippen LogP contribution >= 0.6 is 0 Å². The predicted molar refractivity (Wildman–Crippen MR) is 90.4 cm³/mol. The molecule has 0 aromatic heterocycles. The third-order valence-electron chi connectivity index (χ3n) is 4.69. The Morgan fingerprint density at radius 3 is 2.57 bits per heavy atom. The van der Waals surface area contributed by atoms with E-state index in [0.29, 0.717) is 5.92 Å². The van der Waals surface area contributed by atoms with Crippen molar-refractivity contribution in [2.24, 2.45) is 5.92 Å². The van der Waals surface area contributed by atoms with Crippen molar-refractivity contribution in [2.75, 3.05) is 0 Å². The van der Waals surface area contributed by atoms with Crippen LogP contribution in [0.3, 0.4) is 0 Å². The average molecular weight is 369 g/mol. The summed E-state index contributed by atoms with van der Waals surface area (Å²) in [6.45, 7) is 9.56. The van der Waals surface area contributed by atoms with Gasteiger partial charge in [0.15, 0.2) is 0 Å². The quantitative estimate of drug-likeness (QED) is 0.591. The predicted octanol–water partition coefficient (Wildman–Crippen LogP) is 4.64. The molecule has 1 atom stereocenters. The van der Waals surface area contributed by atoms with Gasteiger partial charge in [0, 0.05) is 0 Å². The molecule has 0 fully saturated rings. The zero-order chi connectivity index (χ0) is 15.1. The van der Waals surface area contributed by atoms with Gasteiger partial charge in [0.1, 0.15) is 0 Å². The summed E-state index contributed by atoms with van der Waals surface area (Å²) in [5.74, 6) is 0.559.